The van der Waals surface area contributed by atoms with Crippen molar-refractivity contribution >= 4 is 39.7 Å². The number of aliphatic hydroxyl groups is 1. The molecule has 0 aliphatic carbocycles. The fraction of sp³-hybridized carbons (Fsp3) is 0.200. The van der Waals surface area contributed by atoms with Crippen molar-refractivity contribution in [3.05, 3.63) is 105 Å². The van der Waals surface area contributed by atoms with Gasteiger partial charge in [0.2, 0.25) is 0 Å². The number of furan rings is 1. The minimum atomic E-state index is -1.05. The number of carbonyl (C=O) groups is 3. The lowest BCUT2D eigenvalue weighted by atomic mass is 9.99. The van der Waals surface area contributed by atoms with E-state index in [0.29, 0.717) is 40.0 Å². The molecule has 1 N–H and O–H groups in total. The van der Waals surface area contributed by atoms with E-state index in [1.165, 1.54) is 11.8 Å². The Labute approximate surface area is 229 Å². The topological polar surface area (TPSA) is 110 Å². The Hall–Kier alpha value is -4.50. The number of ketones is 2. The molecule has 198 valence electrons. The summed E-state index contributed by atoms with van der Waals surface area (Å²) in [6.07, 6.45) is 0. The van der Waals surface area contributed by atoms with Crippen molar-refractivity contribution in [3.8, 4) is 5.75 Å². The second-order valence-corrected chi connectivity index (χ2v) is 10.3. The Morgan fingerprint density at radius 2 is 1.77 bits per heavy atom. The van der Waals surface area contributed by atoms with Crippen molar-refractivity contribution in [2.24, 2.45) is 0 Å². The average Bonchev–Trinajstić information content (AvgIpc) is 3.59. The van der Waals surface area contributed by atoms with E-state index in [1.54, 1.807) is 50.2 Å². The molecule has 5 rings (SSSR count). The molecule has 1 aliphatic heterocycles. The molecule has 4 aromatic rings. The minimum absolute atomic E-state index is 0.125. The van der Waals surface area contributed by atoms with Crippen LogP contribution in [0, 0.1) is 20.8 Å². The van der Waals surface area contributed by atoms with Crippen molar-refractivity contribution in [2.75, 3.05) is 4.90 Å². The number of nitrogens with zero attached hydrogens (tertiary/aromatic N) is 2. The second kappa shape index (κ2) is 10.3. The molecule has 9 heteroatoms. The van der Waals surface area contributed by atoms with Gasteiger partial charge in [-0.1, -0.05) is 35.6 Å². The average molecular weight is 543 g/mol. The van der Waals surface area contributed by atoms with E-state index in [9.17, 15) is 19.5 Å². The first kappa shape index (κ1) is 26.1. The number of aromatic nitrogens is 1. The maximum absolute atomic E-state index is 13.3. The lowest BCUT2D eigenvalue weighted by molar-refractivity contribution is -0.132. The number of thiazole rings is 1. The minimum Gasteiger partial charge on any atom is -0.507 e. The monoisotopic (exact) mass is 542 g/mol. The van der Waals surface area contributed by atoms with E-state index in [1.807, 2.05) is 31.2 Å². The van der Waals surface area contributed by atoms with Crippen LogP contribution in [0.4, 0.5) is 5.13 Å². The summed E-state index contributed by atoms with van der Waals surface area (Å²) in [4.78, 5) is 44.6. The van der Waals surface area contributed by atoms with E-state index >= 15 is 0 Å². The molecular formula is C30H26N2O6S. The molecule has 1 amide bonds. The summed E-state index contributed by atoms with van der Waals surface area (Å²) >= 11 is 1.02. The van der Waals surface area contributed by atoms with E-state index < -0.39 is 17.7 Å². The van der Waals surface area contributed by atoms with Gasteiger partial charge >= 0.3 is 5.91 Å². The highest BCUT2D eigenvalue weighted by atomic mass is 32.1. The van der Waals surface area contributed by atoms with Crippen molar-refractivity contribution in [3.63, 3.8) is 0 Å². The zero-order chi connectivity index (χ0) is 27.8. The van der Waals surface area contributed by atoms with Gasteiger partial charge in [0, 0.05) is 12.5 Å². The highest BCUT2D eigenvalue weighted by molar-refractivity contribution is 7.18. The molecule has 1 aliphatic rings. The molecule has 0 spiro atoms. The summed E-state index contributed by atoms with van der Waals surface area (Å²) in [7, 11) is 0. The van der Waals surface area contributed by atoms with Crippen LogP contribution in [0.2, 0.25) is 0 Å². The number of aliphatic hydroxyl groups excluding tert-OH is 1. The molecule has 1 atom stereocenters. The maximum atomic E-state index is 13.3. The van der Waals surface area contributed by atoms with Crippen LogP contribution in [-0.4, -0.2) is 27.6 Å². The van der Waals surface area contributed by atoms with Crippen LogP contribution >= 0.6 is 11.3 Å². The Bertz CT molecular complexity index is 1630. The Morgan fingerprint density at radius 3 is 2.38 bits per heavy atom. The molecule has 0 radical (unpaired) electrons. The summed E-state index contributed by atoms with van der Waals surface area (Å²) < 4.78 is 11.7. The number of hydrogen-bond donors (Lipinski definition) is 1. The van der Waals surface area contributed by atoms with Gasteiger partial charge in [0.25, 0.3) is 5.78 Å². The van der Waals surface area contributed by atoms with E-state index in [4.69, 9.17) is 9.15 Å². The Balaban J connectivity index is 1.52. The number of ether oxygens (including phenoxy) is 1. The summed E-state index contributed by atoms with van der Waals surface area (Å²) in [6, 6.07) is 16.9. The van der Waals surface area contributed by atoms with E-state index in [0.717, 1.165) is 22.5 Å². The van der Waals surface area contributed by atoms with Crippen molar-refractivity contribution in [1.82, 2.24) is 4.98 Å². The van der Waals surface area contributed by atoms with Crippen molar-refractivity contribution in [1.29, 1.82) is 0 Å². The number of amides is 1. The SMILES string of the molecule is CC(=O)c1sc(N2C(=O)C(=O)/C(=C(/O)c3ccc(OCc4ccccc4C)cc3)C2c2ccc(C)o2)nc1C. The van der Waals surface area contributed by atoms with Gasteiger partial charge in [-0.05, 0) is 68.3 Å². The van der Waals surface area contributed by atoms with E-state index in [2.05, 4.69) is 4.98 Å². The molecule has 8 nitrogen and oxygen atoms in total. The Kier molecular flexibility index (Phi) is 6.93. The third-order valence-electron chi connectivity index (χ3n) is 6.57. The van der Waals surface area contributed by atoms with Crippen molar-refractivity contribution in [2.45, 2.75) is 40.3 Å². The predicted octanol–water partition coefficient (Wildman–Crippen LogP) is 6.07. The van der Waals surface area contributed by atoms with Crippen LogP contribution in [-0.2, 0) is 16.2 Å². The van der Waals surface area contributed by atoms with Crippen LogP contribution in [0.5, 0.6) is 5.75 Å². The van der Waals surface area contributed by atoms with Crippen LogP contribution in [0.1, 0.15) is 56.5 Å². The Morgan fingerprint density at radius 1 is 1.05 bits per heavy atom. The molecule has 39 heavy (non-hydrogen) atoms. The van der Waals surface area contributed by atoms with Gasteiger partial charge < -0.3 is 14.3 Å². The number of hydrogen-bond acceptors (Lipinski definition) is 8. The molecular weight excluding hydrogens is 516 g/mol. The summed E-state index contributed by atoms with van der Waals surface area (Å²) in [5.41, 5.74) is 2.85. The first-order chi connectivity index (χ1) is 18.7. The molecule has 1 unspecified atom stereocenters. The van der Waals surface area contributed by atoms with Gasteiger partial charge in [0.1, 0.15) is 35.7 Å². The van der Waals surface area contributed by atoms with Gasteiger partial charge in [0.15, 0.2) is 10.9 Å². The predicted molar refractivity (Wildman–Crippen MR) is 147 cm³/mol. The number of rotatable bonds is 7. The van der Waals surface area contributed by atoms with Gasteiger partial charge in [0.05, 0.1) is 16.1 Å². The number of anilines is 1. The first-order valence-corrected chi connectivity index (χ1v) is 13.1. The van der Waals surface area contributed by atoms with E-state index in [-0.39, 0.29) is 22.2 Å². The largest absolute Gasteiger partial charge is 0.507 e. The standard InChI is InChI=1S/C30H26N2O6S/c1-16-7-5-6-8-21(16)15-37-22-12-10-20(11-13-22)26(34)24-25(23-14-9-17(2)38-23)32(29(36)27(24)35)30-31-18(3)28(39-30)19(4)33/h5-14,25,34H,15H2,1-4H3/b26-24+. The summed E-state index contributed by atoms with van der Waals surface area (Å²) in [5.74, 6) is -0.817. The fourth-order valence-electron chi connectivity index (χ4n) is 4.51. The zero-order valence-corrected chi connectivity index (χ0v) is 22.7. The van der Waals surface area contributed by atoms with Crippen LogP contribution in [0.3, 0.4) is 0 Å². The molecule has 1 saturated heterocycles. The van der Waals surface area contributed by atoms with Gasteiger partial charge in [-0.25, -0.2) is 4.98 Å². The second-order valence-electron chi connectivity index (χ2n) is 9.32. The first-order valence-electron chi connectivity index (χ1n) is 12.3. The normalized spacial score (nSPS) is 16.6. The van der Waals surface area contributed by atoms with Crippen molar-refractivity contribution < 1.29 is 28.6 Å². The smallest absolute Gasteiger partial charge is 0.302 e. The molecule has 0 saturated carbocycles. The van der Waals surface area contributed by atoms with Crippen LogP contribution in [0.15, 0.2) is 70.7 Å². The van der Waals surface area contributed by atoms with Gasteiger partial charge in [-0.3, -0.25) is 19.3 Å². The number of benzene rings is 2. The third-order valence-corrected chi connectivity index (χ3v) is 7.83. The summed E-state index contributed by atoms with van der Waals surface area (Å²) in [5, 5.41) is 11.5. The lowest BCUT2D eigenvalue weighted by Gasteiger charge is -2.20. The molecule has 3 heterocycles. The summed E-state index contributed by atoms with van der Waals surface area (Å²) in [6.45, 7) is 7.23. The molecule has 2 aromatic heterocycles. The van der Waals surface area contributed by atoms with Gasteiger partial charge in [-0.15, -0.1) is 0 Å². The maximum Gasteiger partial charge on any atom is 0.302 e. The van der Waals surface area contributed by atoms with Crippen LogP contribution < -0.4 is 9.64 Å². The van der Waals surface area contributed by atoms with Gasteiger partial charge in [-0.2, -0.15) is 0 Å². The lowest BCUT2D eigenvalue weighted by Crippen LogP contribution is -2.29. The highest BCUT2D eigenvalue weighted by Gasteiger charge is 2.49. The fourth-order valence-corrected chi connectivity index (χ4v) is 5.50. The number of carbonyl (C=O) groups excluding carboxylic acids is 3. The third kappa shape index (κ3) is 4.88. The highest BCUT2D eigenvalue weighted by Crippen LogP contribution is 2.44. The quantitative estimate of drug-likeness (QED) is 0.131. The molecule has 2 aromatic carbocycles. The molecule has 1 fully saturated rings. The zero-order valence-electron chi connectivity index (χ0n) is 21.8. The van der Waals surface area contributed by atoms with Crippen LogP contribution in [0.25, 0.3) is 5.76 Å². The molecule has 0 bridgehead atoms. The number of aryl methyl sites for hydroxylation is 3. The number of Topliss-reactive ketones (excluding diaryl/α,β-unsaturated/α-hetero) is 2.